The SMILES string of the molecule is CC(C)NC(=O)[C@@H](CC(=O)N1CCOCC1)Cn1ccnc1.S. The van der Waals surface area contributed by atoms with Crippen molar-refractivity contribution in [2.75, 3.05) is 26.3 Å². The molecule has 0 aromatic carbocycles. The Balaban J connectivity index is 0.00000264. The van der Waals surface area contributed by atoms with Crippen LogP contribution in [0.25, 0.3) is 0 Å². The molecule has 1 aliphatic rings. The molecule has 0 unspecified atom stereocenters. The van der Waals surface area contributed by atoms with Crippen molar-refractivity contribution < 1.29 is 14.3 Å². The molecule has 2 amide bonds. The first-order valence-electron chi connectivity index (χ1n) is 7.68. The van der Waals surface area contributed by atoms with Gasteiger partial charge < -0.3 is 19.5 Å². The Morgan fingerprint density at radius 1 is 1.30 bits per heavy atom. The molecule has 1 atom stereocenters. The zero-order chi connectivity index (χ0) is 15.9. The Labute approximate surface area is 143 Å². The molecule has 0 radical (unpaired) electrons. The van der Waals surface area contributed by atoms with E-state index in [0.717, 1.165) is 0 Å². The van der Waals surface area contributed by atoms with E-state index in [1.807, 2.05) is 18.4 Å². The van der Waals surface area contributed by atoms with Crippen molar-refractivity contribution >= 4 is 25.3 Å². The van der Waals surface area contributed by atoms with Gasteiger partial charge in [-0.25, -0.2) is 4.98 Å². The van der Waals surface area contributed by atoms with Gasteiger partial charge in [-0.1, -0.05) is 0 Å². The lowest BCUT2D eigenvalue weighted by Crippen LogP contribution is -2.44. The monoisotopic (exact) mass is 342 g/mol. The van der Waals surface area contributed by atoms with Gasteiger partial charge in [0.15, 0.2) is 0 Å². The predicted octanol–water partition coefficient (Wildman–Crippen LogP) is 0.386. The molecule has 1 N–H and O–H groups in total. The summed E-state index contributed by atoms with van der Waals surface area (Å²) in [4.78, 5) is 30.5. The summed E-state index contributed by atoms with van der Waals surface area (Å²) in [6.07, 6.45) is 5.33. The lowest BCUT2D eigenvalue weighted by molar-refractivity contribution is -0.139. The first-order valence-corrected chi connectivity index (χ1v) is 7.68. The fourth-order valence-corrected chi connectivity index (χ4v) is 2.44. The zero-order valence-corrected chi connectivity index (χ0v) is 14.7. The summed E-state index contributed by atoms with van der Waals surface area (Å²) in [5.74, 6) is -0.482. The summed E-state index contributed by atoms with van der Waals surface area (Å²) < 4.78 is 7.09. The molecule has 8 heteroatoms. The summed E-state index contributed by atoms with van der Waals surface area (Å²) in [7, 11) is 0. The van der Waals surface area contributed by atoms with E-state index in [1.165, 1.54) is 0 Å². The molecule has 0 saturated carbocycles. The summed E-state index contributed by atoms with van der Waals surface area (Å²) in [5, 5.41) is 2.90. The van der Waals surface area contributed by atoms with Gasteiger partial charge in [0, 0.05) is 44.5 Å². The van der Waals surface area contributed by atoms with Crippen molar-refractivity contribution in [3.05, 3.63) is 18.7 Å². The molecule has 2 heterocycles. The quantitative estimate of drug-likeness (QED) is 0.811. The maximum absolute atomic E-state index is 12.4. The van der Waals surface area contributed by atoms with Gasteiger partial charge in [-0.3, -0.25) is 9.59 Å². The molecule has 1 aromatic rings. The summed E-state index contributed by atoms with van der Waals surface area (Å²) in [6.45, 7) is 6.61. The van der Waals surface area contributed by atoms with Crippen LogP contribution in [-0.2, 0) is 20.9 Å². The topological polar surface area (TPSA) is 76.5 Å². The van der Waals surface area contributed by atoms with Crippen LogP contribution in [0.4, 0.5) is 0 Å². The number of ether oxygens (including phenoxy) is 1. The minimum atomic E-state index is -0.396. The van der Waals surface area contributed by atoms with Crippen molar-refractivity contribution in [1.29, 1.82) is 0 Å². The largest absolute Gasteiger partial charge is 0.378 e. The third-order valence-corrected chi connectivity index (χ3v) is 3.58. The number of hydrogen-bond donors (Lipinski definition) is 1. The molecule has 0 bridgehead atoms. The number of morpholine rings is 1. The number of nitrogens with zero attached hydrogens (tertiary/aromatic N) is 3. The van der Waals surface area contributed by atoms with Gasteiger partial charge in [-0.2, -0.15) is 13.5 Å². The summed E-state index contributed by atoms with van der Waals surface area (Å²) in [5.41, 5.74) is 0. The van der Waals surface area contributed by atoms with Crippen LogP contribution in [0.15, 0.2) is 18.7 Å². The fourth-order valence-electron chi connectivity index (χ4n) is 2.44. The molecule has 130 valence electrons. The van der Waals surface area contributed by atoms with Crippen LogP contribution in [0.3, 0.4) is 0 Å². The Bertz CT molecular complexity index is 487. The molecule has 1 aromatic heterocycles. The molecule has 7 nitrogen and oxygen atoms in total. The molecule has 0 aliphatic carbocycles. The van der Waals surface area contributed by atoms with Crippen molar-refractivity contribution in [2.24, 2.45) is 5.92 Å². The highest BCUT2D eigenvalue weighted by Crippen LogP contribution is 2.12. The fraction of sp³-hybridized carbons (Fsp3) is 0.667. The maximum Gasteiger partial charge on any atom is 0.225 e. The highest BCUT2D eigenvalue weighted by molar-refractivity contribution is 7.59. The van der Waals surface area contributed by atoms with Gasteiger partial charge in [0.1, 0.15) is 0 Å². The molecule has 1 fully saturated rings. The number of carbonyl (C=O) groups excluding carboxylic acids is 2. The number of imidazole rings is 1. The Morgan fingerprint density at radius 2 is 2.00 bits per heavy atom. The van der Waals surface area contributed by atoms with E-state index in [-0.39, 0.29) is 37.8 Å². The Kier molecular flexibility index (Phi) is 8.11. The van der Waals surface area contributed by atoms with Gasteiger partial charge >= 0.3 is 0 Å². The summed E-state index contributed by atoms with van der Waals surface area (Å²) in [6, 6.07) is 0.0521. The third-order valence-electron chi connectivity index (χ3n) is 3.58. The van der Waals surface area contributed by atoms with E-state index < -0.39 is 5.92 Å². The molecule has 0 spiro atoms. The standard InChI is InChI=1S/C15H24N4O3.H2S/c1-12(2)17-15(21)13(10-18-4-3-16-11-18)9-14(20)19-5-7-22-8-6-19;/h3-4,11-13H,5-10H2,1-2H3,(H,17,21);1H2/t13-;/m0./s1. The van der Waals surface area contributed by atoms with Crippen molar-refractivity contribution in [3.8, 4) is 0 Å². The highest BCUT2D eigenvalue weighted by atomic mass is 32.1. The van der Waals surface area contributed by atoms with Crippen LogP contribution in [0.5, 0.6) is 0 Å². The van der Waals surface area contributed by atoms with E-state index in [1.54, 1.807) is 23.6 Å². The first kappa shape index (κ1) is 19.5. The normalized spacial score (nSPS) is 15.9. The zero-order valence-electron chi connectivity index (χ0n) is 13.7. The van der Waals surface area contributed by atoms with Crippen molar-refractivity contribution in [1.82, 2.24) is 19.8 Å². The van der Waals surface area contributed by atoms with Crippen LogP contribution in [0.2, 0.25) is 0 Å². The number of nitrogens with one attached hydrogen (secondary N) is 1. The van der Waals surface area contributed by atoms with Crippen LogP contribution in [0.1, 0.15) is 20.3 Å². The van der Waals surface area contributed by atoms with E-state index in [0.29, 0.717) is 32.8 Å². The molecule has 2 rings (SSSR count). The van der Waals surface area contributed by atoms with Crippen LogP contribution < -0.4 is 5.32 Å². The molecule has 1 aliphatic heterocycles. The van der Waals surface area contributed by atoms with Gasteiger partial charge in [-0.05, 0) is 13.8 Å². The van der Waals surface area contributed by atoms with E-state index >= 15 is 0 Å². The number of carbonyl (C=O) groups is 2. The van der Waals surface area contributed by atoms with Gasteiger partial charge in [0.2, 0.25) is 11.8 Å². The second-order valence-electron chi connectivity index (χ2n) is 5.82. The second-order valence-corrected chi connectivity index (χ2v) is 5.82. The number of amides is 2. The summed E-state index contributed by atoms with van der Waals surface area (Å²) >= 11 is 0. The average Bonchev–Trinajstić information content (AvgIpc) is 2.99. The highest BCUT2D eigenvalue weighted by Gasteiger charge is 2.26. The number of rotatable bonds is 6. The van der Waals surface area contributed by atoms with E-state index in [4.69, 9.17) is 4.74 Å². The molecule has 23 heavy (non-hydrogen) atoms. The maximum atomic E-state index is 12.4. The molecular formula is C15H26N4O3S. The van der Waals surface area contributed by atoms with Gasteiger partial charge in [-0.15, -0.1) is 0 Å². The smallest absolute Gasteiger partial charge is 0.225 e. The van der Waals surface area contributed by atoms with E-state index in [2.05, 4.69) is 10.3 Å². The number of hydrogen-bond acceptors (Lipinski definition) is 4. The lowest BCUT2D eigenvalue weighted by atomic mass is 10.0. The van der Waals surface area contributed by atoms with E-state index in [9.17, 15) is 9.59 Å². The van der Waals surface area contributed by atoms with Crippen LogP contribution in [0, 0.1) is 5.92 Å². The average molecular weight is 342 g/mol. The Morgan fingerprint density at radius 3 is 2.57 bits per heavy atom. The van der Waals surface area contributed by atoms with Gasteiger partial charge in [0.25, 0.3) is 0 Å². The van der Waals surface area contributed by atoms with Gasteiger partial charge in [0.05, 0.1) is 25.5 Å². The van der Waals surface area contributed by atoms with Crippen LogP contribution in [-0.4, -0.2) is 58.6 Å². The molecular weight excluding hydrogens is 316 g/mol. The molecule has 1 saturated heterocycles. The minimum Gasteiger partial charge on any atom is -0.378 e. The van der Waals surface area contributed by atoms with Crippen LogP contribution >= 0.6 is 13.5 Å². The minimum absolute atomic E-state index is 0. The Hall–Kier alpha value is -1.54. The lowest BCUT2D eigenvalue weighted by Gasteiger charge is -2.28. The van der Waals surface area contributed by atoms with Crippen molar-refractivity contribution in [2.45, 2.75) is 32.9 Å². The first-order chi connectivity index (χ1) is 10.6. The third kappa shape index (κ3) is 6.23. The second kappa shape index (κ2) is 9.57. The number of aromatic nitrogens is 2. The van der Waals surface area contributed by atoms with Crippen molar-refractivity contribution in [3.63, 3.8) is 0 Å². The predicted molar refractivity (Wildman–Crippen MR) is 91.4 cm³/mol.